The first-order valence-corrected chi connectivity index (χ1v) is 10.2. The molecule has 0 bridgehead atoms. The number of methoxy groups -OCH3 is 3. The van der Waals surface area contributed by atoms with Crippen molar-refractivity contribution in [1.29, 1.82) is 0 Å². The molecule has 0 spiro atoms. The van der Waals surface area contributed by atoms with Crippen LogP contribution in [0.5, 0.6) is 17.2 Å². The Bertz CT molecular complexity index is 1360. The first-order chi connectivity index (χ1) is 16.5. The van der Waals surface area contributed by atoms with E-state index in [2.05, 4.69) is 15.5 Å². The van der Waals surface area contributed by atoms with E-state index in [1.807, 2.05) is 12.1 Å². The fraction of sp³-hybridized carbons (Fsp3) is 0.167. The van der Waals surface area contributed by atoms with Crippen LogP contribution in [0.1, 0.15) is 0 Å². The molecule has 2 heterocycles. The maximum atomic E-state index is 12.6. The van der Waals surface area contributed by atoms with Crippen LogP contribution >= 0.6 is 0 Å². The van der Waals surface area contributed by atoms with Crippen LogP contribution in [0.25, 0.3) is 22.8 Å². The molecule has 0 aliphatic heterocycles. The Labute approximate surface area is 194 Å². The highest BCUT2D eigenvalue weighted by Gasteiger charge is 2.14. The Kier molecular flexibility index (Phi) is 6.58. The molecule has 2 aromatic heterocycles. The van der Waals surface area contributed by atoms with Gasteiger partial charge >= 0.3 is 0 Å². The Hall–Kier alpha value is -4.60. The zero-order chi connectivity index (χ0) is 24.1. The van der Waals surface area contributed by atoms with Crippen LogP contribution in [0, 0.1) is 0 Å². The lowest BCUT2D eigenvalue weighted by Gasteiger charge is -2.12. The van der Waals surface area contributed by atoms with Crippen LogP contribution in [-0.2, 0) is 11.3 Å². The number of ether oxygens (including phenoxy) is 3. The molecular formula is C24H22N4O6. The largest absolute Gasteiger partial charge is 0.497 e. The average molecular weight is 462 g/mol. The summed E-state index contributed by atoms with van der Waals surface area (Å²) in [5.41, 5.74) is 1.35. The minimum absolute atomic E-state index is 0.219. The molecule has 0 unspecified atom stereocenters. The van der Waals surface area contributed by atoms with Gasteiger partial charge in [0.15, 0.2) is 0 Å². The van der Waals surface area contributed by atoms with E-state index in [4.69, 9.17) is 18.7 Å². The molecule has 0 aliphatic carbocycles. The maximum Gasteiger partial charge on any atom is 0.259 e. The number of aromatic nitrogens is 3. The maximum absolute atomic E-state index is 12.6. The van der Waals surface area contributed by atoms with Crippen molar-refractivity contribution in [1.82, 2.24) is 14.7 Å². The Balaban J connectivity index is 1.52. The summed E-state index contributed by atoms with van der Waals surface area (Å²) >= 11 is 0. The molecule has 4 rings (SSSR count). The average Bonchev–Trinajstić information content (AvgIpc) is 3.36. The Morgan fingerprint density at radius 3 is 2.35 bits per heavy atom. The van der Waals surface area contributed by atoms with Gasteiger partial charge in [0.1, 0.15) is 23.8 Å². The minimum Gasteiger partial charge on any atom is -0.497 e. The predicted molar refractivity (Wildman–Crippen MR) is 124 cm³/mol. The van der Waals surface area contributed by atoms with Gasteiger partial charge in [0.25, 0.3) is 11.4 Å². The van der Waals surface area contributed by atoms with Crippen molar-refractivity contribution in [2.45, 2.75) is 6.54 Å². The first kappa shape index (κ1) is 22.6. The number of pyridine rings is 1. The monoisotopic (exact) mass is 462 g/mol. The van der Waals surface area contributed by atoms with E-state index in [0.717, 1.165) is 5.56 Å². The topological polar surface area (TPSA) is 118 Å². The summed E-state index contributed by atoms with van der Waals surface area (Å²) in [6.45, 7) is -0.221. The number of rotatable bonds is 8. The molecule has 174 valence electrons. The summed E-state index contributed by atoms with van der Waals surface area (Å²) in [6.07, 6.45) is 1.50. The van der Waals surface area contributed by atoms with E-state index >= 15 is 0 Å². The minimum atomic E-state index is -0.410. The van der Waals surface area contributed by atoms with Gasteiger partial charge < -0.3 is 28.6 Å². The lowest BCUT2D eigenvalue weighted by Crippen LogP contribution is -2.27. The number of nitrogens with zero attached hydrogens (tertiary/aromatic N) is 3. The quantitative estimate of drug-likeness (QED) is 0.424. The zero-order valence-electron chi connectivity index (χ0n) is 18.8. The van der Waals surface area contributed by atoms with Crippen LogP contribution < -0.4 is 25.1 Å². The molecule has 0 radical (unpaired) electrons. The molecule has 4 aromatic rings. The summed E-state index contributed by atoms with van der Waals surface area (Å²) in [5, 5.41) is 6.74. The number of anilines is 1. The van der Waals surface area contributed by atoms with Crippen molar-refractivity contribution < 1.29 is 23.5 Å². The predicted octanol–water partition coefficient (Wildman–Crippen LogP) is 3.23. The number of carbonyl (C=O) groups is 1. The summed E-state index contributed by atoms with van der Waals surface area (Å²) in [7, 11) is 4.61. The lowest BCUT2D eigenvalue weighted by molar-refractivity contribution is -0.116. The zero-order valence-corrected chi connectivity index (χ0v) is 18.8. The van der Waals surface area contributed by atoms with Gasteiger partial charge in [-0.05, 0) is 42.5 Å². The van der Waals surface area contributed by atoms with Gasteiger partial charge in [-0.3, -0.25) is 9.59 Å². The molecular weight excluding hydrogens is 440 g/mol. The van der Waals surface area contributed by atoms with Gasteiger partial charge in [0.05, 0.1) is 32.6 Å². The normalized spacial score (nSPS) is 10.6. The van der Waals surface area contributed by atoms with Crippen molar-refractivity contribution in [2.75, 3.05) is 26.6 Å². The molecule has 0 fully saturated rings. The molecule has 10 heteroatoms. The van der Waals surface area contributed by atoms with Crippen LogP contribution in [0.15, 0.2) is 70.1 Å². The van der Waals surface area contributed by atoms with Gasteiger partial charge in [0.2, 0.25) is 11.7 Å². The first-order valence-electron chi connectivity index (χ1n) is 10.2. The third-order valence-electron chi connectivity index (χ3n) is 5.00. The summed E-state index contributed by atoms with van der Waals surface area (Å²) in [6, 6.07) is 15.1. The molecule has 1 amide bonds. The highest BCUT2D eigenvalue weighted by atomic mass is 16.5. The molecule has 10 nitrogen and oxygen atoms in total. The highest BCUT2D eigenvalue weighted by molar-refractivity contribution is 5.92. The molecule has 0 atom stereocenters. The van der Waals surface area contributed by atoms with E-state index in [-0.39, 0.29) is 18.0 Å². The van der Waals surface area contributed by atoms with Crippen molar-refractivity contribution in [3.05, 3.63) is 71.1 Å². The number of carbonyl (C=O) groups excluding carboxylic acids is 1. The van der Waals surface area contributed by atoms with Gasteiger partial charge in [-0.1, -0.05) is 5.16 Å². The Morgan fingerprint density at radius 2 is 1.65 bits per heavy atom. The Morgan fingerprint density at radius 1 is 0.941 bits per heavy atom. The second-order valence-corrected chi connectivity index (χ2v) is 7.15. The van der Waals surface area contributed by atoms with Crippen molar-refractivity contribution >= 4 is 11.6 Å². The fourth-order valence-electron chi connectivity index (χ4n) is 3.23. The van der Waals surface area contributed by atoms with Gasteiger partial charge in [-0.2, -0.15) is 4.98 Å². The summed E-state index contributed by atoms with van der Waals surface area (Å²) in [5.74, 6) is 1.94. The summed E-state index contributed by atoms with van der Waals surface area (Å²) < 4.78 is 22.2. The van der Waals surface area contributed by atoms with Crippen LogP contribution in [0.3, 0.4) is 0 Å². The van der Waals surface area contributed by atoms with Gasteiger partial charge in [-0.25, -0.2) is 0 Å². The molecule has 0 saturated heterocycles. The summed E-state index contributed by atoms with van der Waals surface area (Å²) in [4.78, 5) is 29.4. The van der Waals surface area contributed by atoms with E-state index < -0.39 is 5.91 Å². The molecule has 0 aliphatic rings. The molecule has 1 N–H and O–H groups in total. The van der Waals surface area contributed by atoms with Crippen molar-refractivity contribution in [2.24, 2.45) is 0 Å². The van der Waals surface area contributed by atoms with E-state index in [1.165, 1.54) is 31.0 Å². The third-order valence-corrected chi connectivity index (χ3v) is 5.00. The molecule has 2 aromatic carbocycles. The third kappa shape index (κ3) is 4.90. The number of hydrogen-bond acceptors (Lipinski definition) is 8. The fourth-order valence-corrected chi connectivity index (χ4v) is 3.23. The number of amides is 1. The highest BCUT2D eigenvalue weighted by Crippen LogP contribution is 2.29. The molecule has 34 heavy (non-hydrogen) atoms. The van der Waals surface area contributed by atoms with Crippen LogP contribution in [0.2, 0.25) is 0 Å². The standard InChI is InChI=1S/C24H22N4O6/c1-31-17-7-4-15(5-8-17)23-26-24(34-27-23)16-6-11-22(30)28(13-16)14-21(29)25-19-10-9-18(32-2)12-20(19)33-3/h4-13H,14H2,1-3H3,(H,25,29). The molecule has 0 saturated carbocycles. The second-order valence-electron chi connectivity index (χ2n) is 7.15. The SMILES string of the molecule is COc1ccc(-c2noc(-c3ccc(=O)n(CC(=O)Nc4ccc(OC)cc4OC)c3)n2)cc1. The van der Waals surface area contributed by atoms with E-state index in [0.29, 0.717) is 34.3 Å². The second kappa shape index (κ2) is 9.90. The smallest absolute Gasteiger partial charge is 0.259 e. The van der Waals surface area contributed by atoms with E-state index in [9.17, 15) is 9.59 Å². The number of nitrogens with one attached hydrogen (secondary N) is 1. The van der Waals surface area contributed by atoms with E-state index in [1.54, 1.807) is 43.5 Å². The van der Waals surface area contributed by atoms with Gasteiger partial charge in [0, 0.05) is 23.9 Å². The number of benzene rings is 2. The van der Waals surface area contributed by atoms with Crippen molar-refractivity contribution in [3.63, 3.8) is 0 Å². The number of hydrogen-bond donors (Lipinski definition) is 1. The van der Waals surface area contributed by atoms with Crippen LogP contribution in [0.4, 0.5) is 5.69 Å². The van der Waals surface area contributed by atoms with Crippen molar-refractivity contribution in [3.8, 4) is 40.1 Å². The lowest BCUT2D eigenvalue weighted by atomic mass is 10.2. The van der Waals surface area contributed by atoms with Gasteiger partial charge in [-0.15, -0.1) is 0 Å². The van der Waals surface area contributed by atoms with Crippen LogP contribution in [-0.4, -0.2) is 41.9 Å².